The lowest BCUT2D eigenvalue weighted by atomic mass is 9.80. The summed E-state index contributed by atoms with van der Waals surface area (Å²) < 4.78 is 26.7. The number of rotatable bonds is 2. The van der Waals surface area contributed by atoms with E-state index in [2.05, 4.69) is 4.90 Å². The zero-order valence-electron chi connectivity index (χ0n) is 12.9. The molecule has 9 heteroatoms. The Morgan fingerprint density at radius 1 is 1.30 bits per heavy atom. The zero-order chi connectivity index (χ0) is 17.6. The molecule has 2 unspecified atom stereocenters. The van der Waals surface area contributed by atoms with E-state index in [1.807, 2.05) is 7.05 Å². The van der Waals surface area contributed by atoms with Crippen molar-refractivity contribution < 1.29 is 33.2 Å². The molecule has 0 bridgehead atoms. The van der Waals surface area contributed by atoms with Gasteiger partial charge in [0.05, 0.1) is 13.0 Å². The van der Waals surface area contributed by atoms with Crippen LogP contribution in [0.15, 0.2) is 24.3 Å². The van der Waals surface area contributed by atoms with Gasteiger partial charge >= 0.3 is 13.8 Å². The number of ether oxygens (including phenoxy) is 1. The van der Waals surface area contributed by atoms with Gasteiger partial charge in [-0.15, -0.1) is 0 Å². The third-order valence-corrected chi connectivity index (χ3v) is 3.62. The van der Waals surface area contributed by atoms with E-state index < -0.39 is 7.82 Å². The maximum atomic E-state index is 12.9. The highest BCUT2D eigenvalue weighted by Crippen LogP contribution is 2.33. The molecule has 0 saturated carbocycles. The van der Waals surface area contributed by atoms with Crippen molar-refractivity contribution in [2.24, 2.45) is 5.92 Å². The summed E-state index contributed by atoms with van der Waals surface area (Å²) in [6.45, 7) is 1.63. The monoisotopic (exact) mass is 349 g/mol. The number of hydrogen-bond acceptors (Lipinski definition) is 4. The van der Waals surface area contributed by atoms with Crippen LogP contribution in [0.4, 0.5) is 4.39 Å². The summed E-state index contributed by atoms with van der Waals surface area (Å²) in [5.74, 6) is -0.481. The lowest BCUT2D eigenvalue weighted by molar-refractivity contribution is -0.148. The molecule has 0 spiro atoms. The van der Waals surface area contributed by atoms with E-state index in [4.69, 9.17) is 24.0 Å². The van der Waals surface area contributed by atoms with Crippen LogP contribution < -0.4 is 0 Å². The standard InChI is InChI=1S/C14H18FNO2.H3O4P/c1-16-8-7-12(13(9-16)14(17)18-2)10-3-5-11(15)6-4-10;1-5(2,3)4/h3-6,12-13H,7-9H2,1-2H3;(H3,1,2,3,4). The first-order chi connectivity index (χ1) is 10.6. The van der Waals surface area contributed by atoms with Crippen molar-refractivity contribution in [2.45, 2.75) is 12.3 Å². The maximum Gasteiger partial charge on any atom is 0.466 e. The van der Waals surface area contributed by atoms with Gasteiger partial charge in [-0.1, -0.05) is 12.1 Å². The fourth-order valence-corrected chi connectivity index (χ4v) is 2.61. The van der Waals surface area contributed by atoms with Crippen molar-refractivity contribution in [1.29, 1.82) is 0 Å². The van der Waals surface area contributed by atoms with E-state index in [0.29, 0.717) is 6.54 Å². The van der Waals surface area contributed by atoms with Crippen molar-refractivity contribution >= 4 is 13.8 Å². The average molecular weight is 349 g/mol. The lowest BCUT2D eigenvalue weighted by Gasteiger charge is -2.35. The van der Waals surface area contributed by atoms with E-state index in [9.17, 15) is 9.18 Å². The summed E-state index contributed by atoms with van der Waals surface area (Å²) in [7, 11) is -1.23. The molecule has 3 N–H and O–H groups in total. The van der Waals surface area contributed by atoms with Crippen LogP contribution in [0.1, 0.15) is 17.9 Å². The van der Waals surface area contributed by atoms with Gasteiger partial charge in [0, 0.05) is 6.54 Å². The van der Waals surface area contributed by atoms with Crippen LogP contribution in [0.25, 0.3) is 0 Å². The molecule has 0 radical (unpaired) electrons. The normalized spacial score (nSPS) is 22.0. The van der Waals surface area contributed by atoms with E-state index in [1.54, 1.807) is 12.1 Å². The number of benzene rings is 1. The van der Waals surface area contributed by atoms with Gasteiger partial charge < -0.3 is 24.3 Å². The number of carbonyl (C=O) groups is 1. The lowest BCUT2D eigenvalue weighted by Crippen LogP contribution is -2.41. The van der Waals surface area contributed by atoms with Crippen molar-refractivity contribution in [3.8, 4) is 0 Å². The molecule has 0 aliphatic carbocycles. The van der Waals surface area contributed by atoms with Crippen LogP contribution in [0.5, 0.6) is 0 Å². The predicted octanol–water partition coefficient (Wildman–Crippen LogP) is 1.11. The quantitative estimate of drug-likeness (QED) is 0.542. The number of piperidine rings is 1. The van der Waals surface area contributed by atoms with Crippen LogP contribution in [-0.4, -0.2) is 52.8 Å². The number of esters is 1. The maximum absolute atomic E-state index is 12.9. The smallest absolute Gasteiger partial charge is 0.466 e. The van der Waals surface area contributed by atoms with E-state index in [0.717, 1.165) is 18.5 Å². The number of likely N-dealkylation sites (tertiary alicyclic amines) is 1. The van der Waals surface area contributed by atoms with Crippen LogP contribution in [0.3, 0.4) is 0 Å². The minimum atomic E-state index is -4.64. The molecule has 1 fully saturated rings. The minimum absolute atomic E-state index is 0.120. The average Bonchev–Trinajstić information content (AvgIpc) is 2.46. The van der Waals surface area contributed by atoms with Gasteiger partial charge in [0.2, 0.25) is 0 Å². The van der Waals surface area contributed by atoms with Crippen LogP contribution >= 0.6 is 7.82 Å². The molecule has 1 aliphatic rings. The molecule has 0 aromatic heterocycles. The number of nitrogens with zero attached hydrogens (tertiary/aromatic N) is 1. The summed E-state index contributed by atoms with van der Waals surface area (Å²) in [6, 6.07) is 6.42. The van der Waals surface area contributed by atoms with Gasteiger partial charge in [-0.3, -0.25) is 4.79 Å². The Labute approximate surface area is 133 Å². The first-order valence-corrected chi connectivity index (χ1v) is 8.48. The molecule has 23 heavy (non-hydrogen) atoms. The Hall–Kier alpha value is -1.31. The largest absolute Gasteiger partial charge is 0.469 e. The van der Waals surface area contributed by atoms with Crippen molar-refractivity contribution in [2.75, 3.05) is 27.2 Å². The van der Waals surface area contributed by atoms with E-state index in [-0.39, 0.29) is 23.6 Å². The number of hydrogen-bond donors (Lipinski definition) is 3. The zero-order valence-corrected chi connectivity index (χ0v) is 13.8. The van der Waals surface area contributed by atoms with Gasteiger partial charge in [0.1, 0.15) is 5.82 Å². The highest BCUT2D eigenvalue weighted by molar-refractivity contribution is 7.45. The SMILES string of the molecule is COC(=O)C1CN(C)CCC1c1ccc(F)cc1.O=P(O)(O)O. The van der Waals surface area contributed by atoms with E-state index >= 15 is 0 Å². The van der Waals surface area contributed by atoms with Gasteiger partial charge in [-0.25, -0.2) is 8.96 Å². The Balaban J connectivity index is 0.000000463. The molecule has 130 valence electrons. The van der Waals surface area contributed by atoms with Crippen molar-refractivity contribution in [1.82, 2.24) is 4.90 Å². The molecule has 7 nitrogen and oxygen atoms in total. The highest BCUT2D eigenvalue weighted by atomic mass is 31.2. The van der Waals surface area contributed by atoms with Gasteiger partial charge in [-0.2, -0.15) is 0 Å². The molecule has 2 rings (SSSR count). The highest BCUT2D eigenvalue weighted by Gasteiger charge is 2.34. The number of carbonyl (C=O) groups excluding carboxylic acids is 1. The third kappa shape index (κ3) is 7.20. The Bertz CT molecular complexity index is 553. The molecular formula is C14H21FNO6P. The Morgan fingerprint density at radius 2 is 1.83 bits per heavy atom. The topological polar surface area (TPSA) is 107 Å². The first-order valence-electron chi connectivity index (χ1n) is 6.92. The molecule has 1 aromatic rings. The number of halogens is 1. The van der Waals surface area contributed by atoms with E-state index in [1.165, 1.54) is 19.2 Å². The summed E-state index contributed by atoms with van der Waals surface area (Å²) in [5, 5.41) is 0. The number of phosphoric acid groups is 1. The molecule has 1 aliphatic heterocycles. The van der Waals surface area contributed by atoms with Crippen molar-refractivity contribution in [3.63, 3.8) is 0 Å². The van der Waals surface area contributed by atoms with Crippen LogP contribution in [0.2, 0.25) is 0 Å². The van der Waals surface area contributed by atoms with Gasteiger partial charge in [0.15, 0.2) is 0 Å². The Kier molecular flexibility index (Phi) is 7.31. The van der Waals surface area contributed by atoms with Crippen LogP contribution in [-0.2, 0) is 14.1 Å². The molecule has 2 atom stereocenters. The third-order valence-electron chi connectivity index (χ3n) is 3.62. The molecule has 0 amide bonds. The van der Waals surface area contributed by atoms with Crippen molar-refractivity contribution in [3.05, 3.63) is 35.6 Å². The summed E-state index contributed by atoms with van der Waals surface area (Å²) >= 11 is 0. The van der Waals surface area contributed by atoms with Gasteiger partial charge in [-0.05, 0) is 43.6 Å². The second-order valence-corrected chi connectivity index (χ2v) is 6.38. The summed E-state index contributed by atoms with van der Waals surface area (Å²) in [4.78, 5) is 35.5. The number of methoxy groups -OCH3 is 1. The molecular weight excluding hydrogens is 328 g/mol. The van der Waals surface area contributed by atoms with Crippen LogP contribution in [0, 0.1) is 11.7 Å². The summed E-state index contributed by atoms with van der Waals surface area (Å²) in [6.07, 6.45) is 0.891. The second-order valence-electron chi connectivity index (χ2n) is 5.35. The minimum Gasteiger partial charge on any atom is -0.469 e. The predicted molar refractivity (Wildman–Crippen MR) is 81.0 cm³/mol. The molecule has 1 heterocycles. The fourth-order valence-electron chi connectivity index (χ4n) is 2.61. The fraction of sp³-hybridized carbons (Fsp3) is 0.500. The van der Waals surface area contributed by atoms with Gasteiger partial charge in [0.25, 0.3) is 0 Å². The second kappa shape index (κ2) is 8.52. The first kappa shape index (κ1) is 19.7. The molecule has 1 saturated heterocycles. The Morgan fingerprint density at radius 3 is 2.30 bits per heavy atom. The molecule has 1 aromatic carbocycles. The summed E-state index contributed by atoms with van der Waals surface area (Å²) in [5.41, 5.74) is 1.01.